The Morgan fingerprint density at radius 1 is 1.24 bits per heavy atom. The van der Waals surface area contributed by atoms with E-state index in [1.807, 2.05) is 6.07 Å². The Bertz CT molecular complexity index is 686. The molecule has 1 N–H and O–H groups in total. The van der Waals surface area contributed by atoms with E-state index in [4.69, 9.17) is 0 Å². The SMILES string of the molecule is N#Cc1cc2c(nc1NCCc1ccc(F)cc1)CCC2. The summed E-state index contributed by atoms with van der Waals surface area (Å²) in [7, 11) is 0. The largest absolute Gasteiger partial charge is 0.369 e. The Kier molecular flexibility index (Phi) is 3.83. The van der Waals surface area contributed by atoms with Crippen LogP contribution in [0.5, 0.6) is 0 Å². The van der Waals surface area contributed by atoms with Crippen LogP contribution in [0, 0.1) is 17.1 Å². The number of halogens is 1. The van der Waals surface area contributed by atoms with E-state index in [0.29, 0.717) is 17.9 Å². The van der Waals surface area contributed by atoms with Gasteiger partial charge in [-0.05, 0) is 55.0 Å². The van der Waals surface area contributed by atoms with Crippen molar-refractivity contribution in [3.63, 3.8) is 0 Å². The van der Waals surface area contributed by atoms with E-state index < -0.39 is 0 Å². The van der Waals surface area contributed by atoms with E-state index in [9.17, 15) is 9.65 Å². The van der Waals surface area contributed by atoms with E-state index in [2.05, 4.69) is 16.4 Å². The molecule has 2 aromatic rings. The topological polar surface area (TPSA) is 48.7 Å². The molecule has 0 saturated heterocycles. The molecule has 0 aliphatic heterocycles. The minimum Gasteiger partial charge on any atom is -0.369 e. The summed E-state index contributed by atoms with van der Waals surface area (Å²) in [6, 6.07) is 10.6. The molecular formula is C17H16FN3. The molecule has 21 heavy (non-hydrogen) atoms. The normalized spacial score (nSPS) is 12.8. The molecule has 0 unspecified atom stereocenters. The minimum atomic E-state index is -0.223. The van der Waals surface area contributed by atoms with Crippen molar-refractivity contribution in [2.45, 2.75) is 25.7 Å². The van der Waals surface area contributed by atoms with Crippen molar-refractivity contribution >= 4 is 5.82 Å². The van der Waals surface area contributed by atoms with E-state index >= 15 is 0 Å². The molecule has 1 aromatic heterocycles. The molecule has 0 spiro atoms. The van der Waals surface area contributed by atoms with Crippen LogP contribution in [-0.4, -0.2) is 11.5 Å². The highest BCUT2D eigenvalue weighted by molar-refractivity contribution is 5.55. The fourth-order valence-electron chi connectivity index (χ4n) is 2.67. The van der Waals surface area contributed by atoms with Crippen LogP contribution >= 0.6 is 0 Å². The number of nitrogens with one attached hydrogen (secondary N) is 1. The van der Waals surface area contributed by atoms with Crippen LogP contribution in [0.15, 0.2) is 30.3 Å². The monoisotopic (exact) mass is 281 g/mol. The molecule has 0 bridgehead atoms. The lowest BCUT2D eigenvalue weighted by atomic mass is 10.1. The van der Waals surface area contributed by atoms with Gasteiger partial charge in [-0.25, -0.2) is 9.37 Å². The maximum Gasteiger partial charge on any atom is 0.144 e. The Balaban J connectivity index is 1.68. The average molecular weight is 281 g/mol. The highest BCUT2D eigenvalue weighted by Gasteiger charge is 2.16. The Morgan fingerprint density at radius 2 is 2.05 bits per heavy atom. The van der Waals surface area contributed by atoms with Crippen molar-refractivity contribution in [2.24, 2.45) is 0 Å². The van der Waals surface area contributed by atoms with Gasteiger partial charge in [0.2, 0.25) is 0 Å². The Morgan fingerprint density at radius 3 is 2.81 bits per heavy atom. The number of hydrogen-bond donors (Lipinski definition) is 1. The van der Waals surface area contributed by atoms with Crippen molar-refractivity contribution in [2.75, 3.05) is 11.9 Å². The lowest BCUT2D eigenvalue weighted by Gasteiger charge is -2.09. The van der Waals surface area contributed by atoms with Gasteiger partial charge in [0.15, 0.2) is 0 Å². The van der Waals surface area contributed by atoms with Crippen LogP contribution in [-0.2, 0) is 19.3 Å². The van der Waals surface area contributed by atoms with E-state index in [0.717, 1.165) is 36.9 Å². The standard InChI is InChI=1S/C17H16FN3/c18-15-6-4-12(5-7-15)8-9-20-17-14(11-19)10-13-2-1-3-16(13)21-17/h4-7,10H,1-3,8-9H2,(H,20,21). The van der Waals surface area contributed by atoms with Gasteiger partial charge >= 0.3 is 0 Å². The van der Waals surface area contributed by atoms with Crippen molar-refractivity contribution in [3.05, 3.63) is 58.5 Å². The van der Waals surface area contributed by atoms with E-state index in [1.165, 1.54) is 17.7 Å². The van der Waals surface area contributed by atoms with Gasteiger partial charge < -0.3 is 5.32 Å². The van der Waals surface area contributed by atoms with Gasteiger partial charge in [0.25, 0.3) is 0 Å². The van der Waals surface area contributed by atoms with Crippen molar-refractivity contribution in [1.29, 1.82) is 5.26 Å². The molecule has 1 aliphatic carbocycles. The van der Waals surface area contributed by atoms with Crippen LogP contribution < -0.4 is 5.32 Å². The van der Waals surface area contributed by atoms with Gasteiger partial charge in [0, 0.05) is 12.2 Å². The molecule has 0 saturated carbocycles. The number of aryl methyl sites for hydroxylation is 2. The highest BCUT2D eigenvalue weighted by Crippen LogP contribution is 2.24. The summed E-state index contributed by atoms with van der Waals surface area (Å²) in [5.41, 5.74) is 3.98. The number of hydrogen-bond acceptors (Lipinski definition) is 3. The molecule has 0 radical (unpaired) electrons. The summed E-state index contributed by atoms with van der Waals surface area (Å²) in [6.07, 6.45) is 3.90. The summed E-state index contributed by atoms with van der Waals surface area (Å²) < 4.78 is 12.8. The van der Waals surface area contributed by atoms with E-state index in [-0.39, 0.29) is 5.82 Å². The van der Waals surface area contributed by atoms with Crippen LogP contribution in [0.3, 0.4) is 0 Å². The number of benzene rings is 1. The first kappa shape index (κ1) is 13.6. The first-order valence-corrected chi connectivity index (χ1v) is 7.17. The predicted molar refractivity (Wildman–Crippen MR) is 79.6 cm³/mol. The minimum absolute atomic E-state index is 0.223. The fraction of sp³-hybridized carbons (Fsp3) is 0.294. The molecule has 1 aliphatic rings. The predicted octanol–water partition coefficient (Wildman–Crippen LogP) is 3.24. The molecule has 0 atom stereocenters. The van der Waals surface area contributed by atoms with Gasteiger partial charge in [0.1, 0.15) is 17.7 Å². The van der Waals surface area contributed by atoms with Crippen LogP contribution in [0.1, 0.15) is 28.8 Å². The van der Waals surface area contributed by atoms with Gasteiger partial charge in [-0.1, -0.05) is 12.1 Å². The van der Waals surface area contributed by atoms with Crippen LogP contribution in [0.25, 0.3) is 0 Å². The number of rotatable bonds is 4. The smallest absolute Gasteiger partial charge is 0.144 e. The van der Waals surface area contributed by atoms with Crippen molar-refractivity contribution in [1.82, 2.24) is 4.98 Å². The molecule has 0 amide bonds. The van der Waals surface area contributed by atoms with Crippen molar-refractivity contribution < 1.29 is 4.39 Å². The maximum atomic E-state index is 12.8. The van der Waals surface area contributed by atoms with E-state index in [1.54, 1.807) is 12.1 Å². The maximum absolute atomic E-state index is 12.8. The molecule has 4 heteroatoms. The molecule has 1 aromatic carbocycles. The quantitative estimate of drug-likeness (QED) is 0.936. The van der Waals surface area contributed by atoms with Gasteiger partial charge in [-0.2, -0.15) is 5.26 Å². The third-order valence-electron chi connectivity index (χ3n) is 3.79. The first-order valence-electron chi connectivity index (χ1n) is 7.17. The fourth-order valence-corrected chi connectivity index (χ4v) is 2.67. The second-order valence-electron chi connectivity index (χ2n) is 5.26. The first-order chi connectivity index (χ1) is 10.3. The zero-order valence-electron chi connectivity index (χ0n) is 11.7. The summed E-state index contributed by atoms with van der Waals surface area (Å²) in [6.45, 7) is 0.673. The average Bonchev–Trinajstić information content (AvgIpc) is 2.95. The molecule has 1 heterocycles. The lowest BCUT2D eigenvalue weighted by molar-refractivity contribution is 0.627. The third kappa shape index (κ3) is 3.03. The summed E-state index contributed by atoms with van der Waals surface area (Å²) >= 11 is 0. The highest BCUT2D eigenvalue weighted by atomic mass is 19.1. The molecular weight excluding hydrogens is 265 g/mol. The number of anilines is 1. The summed E-state index contributed by atoms with van der Waals surface area (Å²) in [5, 5.41) is 12.5. The molecule has 3 nitrogen and oxygen atoms in total. The molecule has 3 rings (SSSR count). The number of aromatic nitrogens is 1. The summed E-state index contributed by atoms with van der Waals surface area (Å²) in [4.78, 5) is 4.58. The van der Waals surface area contributed by atoms with Crippen LogP contribution in [0.4, 0.5) is 10.2 Å². The number of nitriles is 1. The molecule has 106 valence electrons. The van der Waals surface area contributed by atoms with Gasteiger partial charge in [-0.15, -0.1) is 0 Å². The van der Waals surface area contributed by atoms with Crippen LogP contribution in [0.2, 0.25) is 0 Å². The summed E-state index contributed by atoms with van der Waals surface area (Å²) in [5.74, 6) is 0.444. The second kappa shape index (κ2) is 5.92. The number of fused-ring (bicyclic) bond motifs is 1. The number of pyridine rings is 1. The van der Waals surface area contributed by atoms with Gasteiger partial charge in [0.05, 0.1) is 5.56 Å². The van der Waals surface area contributed by atoms with Crippen molar-refractivity contribution in [3.8, 4) is 6.07 Å². The zero-order chi connectivity index (χ0) is 14.7. The third-order valence-corrected chi connectivity index (χ3v) is 3.79. The Labute approximate surface area is 123 Å². The van der Waals surface area contributed by atoms with Gasteiger partial charge in [-0.3, -0.25) is 0 Å². The zero-order valence-corrected chi connectivity index (χ0v) is 11.7. The lowest BCUT2D eigenvalue weighted by Crippen LogP contribution is -2.09. The molecule has 0 fully saturated rings. The Hall–Kier alpha value is -2.41. The second-order valence-corrected chi connectivity index (χ2v) is 5.26. The number of nitrogens with zero attached hydrogens (tertiary/aromatic N) is 2.